The molecule has 0 amide bonds. The van der Waals surface area contributed by atoms with Crippen LogP contribution in [0.25, 0.3) is 0 Å². The second-order valence-corrected chi connectivity index (χ2v) is 4.26. The molecular weight excluding hydrogens is 258 g/mol. The van der Waals surface area contributed by atoms with Crippen LogP contribution in [0, 0.1) is 0 Å². The Morgan fingerprint density at radius 2 is 2.22 bits per heavy atom. The molecule has 0 aromatic carbocycles. The van der Waals surface area contributed by atoms with Crippen LogP contribution in [0.2, 0.25) is 5.02 Å². The molecule has 1 aromatic rings. The lowest BCUT2D eigenvalue weighted by Crippen LogP contribution is -2.27. The standard InChI is InChI=1S/C11H18ClN3O3/c1-2-8(3-5-16)14-9-7-13-15(4-6-17)11(18)10(9)12/h7-8,14,16-17H,2-6H2,1H3. The SMILES string of the molecule is CCC(CCO)Nc1cnn(CCO)c(=O)c1Cl. The number of aliphatic hydroxyl groups is 2. The van der Waals surface area contributed by atoms with Gasteiger partial charge in [0.1, 0.15) is 5.02 Å². The first-order valence-corrected chi connectivity index (χ1v) is 6.25. The summed E-state index contributed by atoms with van der Waals surface area (Å²) in [7, 11) is 0. The van der Waals surface area contributed by atoms with Gasteiger partial charge in [0.25, 0.3) is 5.56 Å². The Morgan fingerprint density at radius 3 is 2.78 bits per heavy atom. The van der Waals surface area contributed by atoms with Crippen LogP contribution in [0.1, 0.15) is 19.8 Å². The van der Waals surface area contributed by atoms with Crippen LogP contribution in [0.5, 0.6) is 0 Å². The first-order chi connectivity index (χ1) is 8.63. The summed E-state index contributed by atoms with van der Waals surface area (Å²) in [6, 6.07) is 0.0439. The zero-order valence-corrected chi connectivity index (χ0v) is 11.0. The van der Waals surface area contributed by atoms with E-state index in [0.29, 0.717) is 12.1 Å². The number of halogens is 1. The summed E-state index contributed by atoms with van der Waals surface area (Å²) in [4.78, 5) is 11.8. The van der Waals surface area contributed by atoms with Crippen molar-refractivity contribution >= 4 is 17.3 Å². The third kappa shape index (κ3) is 3.69. The van der Waals surface area contributed by atoms with E-state index in [1.165, 1.54) is 6.20 Å². The van der Waals surface area contributed by atoms with Gasteiger partial charge in [-0.1, -0.05) is 18.5 Å². The maximum atomic E-state index is 11.8. The minimum Gasteiger partial charge on any atom is -0.396 e. The van der Waals surface area contributed by atoms with E-state index in [-0.39, 0.29) is 30.8 Å². The van der Waals surface area contributed by atoms with Crippen molar-refractivity contribution in [3.05, 3.63) is 21.6 Å². The molecule has 0 saturated heterocycles. The molecular formula is C11H18ClN3O3. The van der Waals surface area contributed by atoms with E-state index in [4.69, 9.17) is 21.8 Å². The predicted molar refractivity (Wildman–Crippen MR) is 70.0 cm³/mol. The van der Waals surface area contributed by atoms with Crippen molar-refractivity contribution in [3.8, 4) is 0 Å². The summed E-state index contributed by atoms with van der Waals surface area (Å²) in [6.45, 7) is 1.99. The zero-order valence-electron chi connectivity index (χ0n) is 10.3. The maximum Gasteiger partial charge on any atom is 0.287 e. The minimum atomic E-state index is -0.436. The summed E-state index contributed by atoms with van der Waals surface area (Å²) >= 11 is 5.96. The van der Waals surface area contributed by atoms with Gasteiger partial charge in [-0.2, -0.15) is 5.10 Å². The highest BCUT2D eigenvalue weighted by molar-refractivity contribution is 6.32. The predicted octanol–water partition coefficient (Wildman–Crippen LogP) is 0.462. The van der Waals surface area contributed by atoms with Gasteiger partial charge >= 0.3 is 0 Å². The number of aliphatic hydroxyl groups excluding tert-OH is 2. The van der Waals surface area contributed by atoms with E-state index in [2.05, 4.69) is 10.4 Å². The quantitative estimate of drug-likeness (QED) is 0.673. The molecule has 0 bridgehead atoms. The molecule has 3 N–H and O–H groups in total. The van der Waals surface area contributed by atoms with Gasteiger partial charge in [-0.3, -0.25) is 4.79 Å². The normalized spacial score (nSPS) is 12.4. The highest BCUT2D eigenvalue weighted by atomic mass is 35.5. The molecule has 0 aliphatic carbocycles. The average molecular weight is 276 g/mol. The fourth-order valence-electron chi connectivity index (χ4n) is 1.57. The summed E-state index contributed by atoms with van der Waals surface area (Å²) in [5.41, 5.74) is 0.0192. The molecule has 18 heavy (non-hydrogen) atoms. The lowest BCUT2D eigenvalue weighted by Gasteiger charge is -2.17. The molecule has 0 spiro atoms. The molecule has 1 aromatic heterocycles. The van der Waals surface area contributed by atoms with Crippen molar-refractivity contribution in [1.29, 1.82) is 0 Å². The van der Waals surface area contributed by atoms with Gasteiger partial charge in [-0.15, -0.1) is 0 Å². The fourth-order valence-corrected chi connectivity index (χ4v) is 1.77. The number of anilines is 1. The lowest BCUT2D eigenvalue weighted by molar-refractivity contribution is 0.266. The van der Waals surface area contributed by atoms with Crippen molar-refractivity contribution < 1.29 is 10.2 Å². The smallest absolute Gasteiger partial charge is 0.287 e. The molecule has 0 fully saturated rings. The van der Waals surface area contributed by atoms with Gasteiger partial charge in [0.05, 0.1) is 25.0 Å². The van der Waals surface area contributed by atoms with E-state index >= 15 is 0 Å². The summed E-state index contributed by atoms with van der Waals surface area (Å²) < 4.78 is 1.11. The second-order valence-electron chi connectivity index (χ2n) is 3.89. The number of aromatic nitrogens is 2. The molecule has 1 rings (SSSR count). The molecule has 0 radical (unpaired) electrons. The Kier molecular flexibility index (Phi) is 6.11. The van der Waals surface area contributed by atoms with Crippen molar-refractivity contribution in [2.75, 3.05) is 18.5 Å². The molecule has 102 valence electrons. The number of hydrogen-bond acceptors (Lipinski definition) is 5. The van der Waals surface area contributed by atoms with Crippen LogP contribution in [-0.4, -0.2) is 39.2 Å². The molecule has 6 nitrogen and oxygen atoms in total. The molecule has 0 aliphatic rings. The van der Waals surface area contributed by atoms with Gasteiger partial charge in [0.15, 0.2) is 0 Å². The topological polar surface area (TPSA) is 87.4 Å². The molecule has 1 heterocycles. The number of hydrogen-bond donors (Lipinski definition) is 3. The Balaban J connectivity index is 2.91. The van der Waals surface area contributed by atoms with E-state index in [1.54, 1.807) is 0 Å². The first kappa shape index (κ1) is 14.9. The minimum absolute atomic E-state index is 0.0439. The molecule has 7 heteroatoms. The van der Waals surface area contributed by atoms with E-state index in [1.807, 2.05) is 6.92 Å². The van der Waals surface area contributed by atoms with E-state index in [9.17, 15) is 4.79 Å². The summed E-state index contributed by atoms with van der Waals surface area (Å²) in [5, 5.41) is 24.7. The average Bonchev–Trinajstić information content (AvgIpc) is 2.37. The molecule has 0 aliphatic heterocycles. The van der Waals surface area contributed by atoms with Crippen LogP contribution in [-0.2, 0) is 6.54 Å². The van der Waals surface area contributed by atoms with Crippen LogP contribution in [0.3, 0.4) is 0 Å². The first-order valence-electron chi connectivity index (χ1n) is 5.87. The van der Waals surface area contributed by atoms with Gasteiger partial charge in [0.2, 0.25) is 0 Å². The zero-order chi connectivity index (χ0) is 13.5. The lowest BCUT2D eigenvalue weighted by atomic mass is 10.1. The number of rotatable bonds is 7. The summed E-state index contributed by atoms with van der Waals surface area (Å²) in [5.74, 6) is 0. The van der Waals surface area contributed by atoms with Crippen molar-refractivity contribution in [2.45, 2.75) is 32.4 Å². The highest BCUT2D eigenvalue weighted by Gasteiger charge is 2.12. The van der Waals surface area contributed by atoms with Gasteiger partial charge in [0, 0.05) is 12.6 Å². The van der Waals surface area contributed by atoms with Crippen molar-refractivity contribution in [2.24, 2.45) is 0 Å². The third-order valence-corrected chi connectivity index (χ3v) is 2.99. The fraction of sp³-hybridized carbons (Fsp3) is 0.636. The van der Waals surface area contributed by atoms with Gasteiger partial charge in [-0.25, -0.2) is 4.68 Å². The van der Waals surface area contributed by atoms with E-state index < -0.39 is 5.56 Å². The summed E-state index contributed by atoms with van der Waals surface area (Å²) in [6.07, 6.45) is 2.84. The Hall–Kier alpha value is -1.11. The Morgan fingerprint density at radius 1 is 1.50 bits per heavy atom. The van der Waals surface area contributed by atoms with Gasteiger partial charge < -0.3 is 15.5 Å². The molecule has 0 saturated carbocycles. The van der Waals surface area contributed by atoms with Crippen LogP contribution in [0.15, 0.2) is 11.0 Å². The second kappa shape index (κ2) is 7.35. The van der Waals surface area contributed by atoms with Crippen molar-refractivity contribution in [1.82, 2.24) is 9.78 Å². The molecule has 1 atom stereocenters. The monoisotopic (exact) mass is 275 g/mol. The number of nitrogens with zero attached hydrogens (tertiary/aromatic N) is 2. The number of nitrogens with one attached hydrogen (secondary N) is 1. The Bertz CT molecular complexity index is 436. The molecule has 1 unspecified atom stereocenters. The highest BCUT2D eigenvalue weighted by Crippen LogP contribution is 2.18. The van der Waals surface area contributed by atoms with Crippen LogP contribution < -0.4 is 10.9 Å². The van der Waals surface area contributed by atoms with E-state index in [0.717, 1.165) is 11.1 Å². The van der Waals surface area contributed by atoms with Crippen LogP contribution >= 0.6 is 11.6 Å². The Labute approximate surface area is 110 Å². The largest absolute Gasteiger partial charge is 0.396 e. The maximum absolute atomic E-state index is 11.8. The van der Waals surface area contributed by atoms with Crippen LogP contribution in [0.4, 0.5) is 5.69 Å². The van der Waals surface area contributed by atoms with Gasteiger partial charge in [-0.05, 0) is 12.8 Å². The van der Waals surface area contributed by atoms with Crippen molar-refractivity contribution in [3.63, 3.8) is 0 Å². The third-order valence-electron chi connectivity index (χ3n) is 2.63.